The maximum absolute atomic E-state index is 13.1. The molecule has 0 aromatic heterocycles. The number of benzene rings is 1. The standard InChI is InChI=1S/C10H11ClF2/c1-2-3-9(11)8-5-4-7(12)6-10(8)13/h4-6,9H,2-3H2,1H3. The van der Waals surface area contributed by atoms with E-state index < -0.39 is 11.6 Å². The Morgan fingerprint density at radius 3 is 2.62 bits per heavy atom. The van der Waals surface area contributed by atoms with E-state index in [2.05, 4.69) is 0 Å². The van der Waals surface area contributed by atoms with E-state index in [1.54, 1.807) is 0 Å². The zero-order valence-corrected chi connectivity index (χ0v) is 8.11. The molecule has 0 N–H and O–H groups in total. The minimum absolute atomic E-state index is 0.356. The lowest BCUT2D eigenvalue weighted by Crippen LogP contribution is -1.95. The Morgan fingerprint density at radius 1 is 1.38 bits per heavy atom. The Hall–Kier alpha value is -0.630. The van der Waals surface area contributed by atoms with Crippen LogP contribution in [0.3, 0.4) is 0 Å². The molecule has 1 atom stereocenters. The maximum Gasteiger partial charge on any atom is 0.130 e. The van der Waals surface area contributed by atoms with Gasteiger partial charge in [0.2, 0.25) is 0 Å². The van der Waals surface area contributed by atoms with E-state index in [0.29, 0.717) is 12.0 Å². The molecule has 72 valence electrons. The topological polar surface area (TPSA) is 0 Å². The second kappa shape index (κ2) is 4.56. The average Bonchev–Trinajstić information content (AvgIpc) is 2.04. The number of halogens is 3. The molecule has 0 saturated carbocycles. The minimum atomic E-state index is -0.568. The van der Waals surface area contributed by atoms with Crippen LogP contribution in [-0.2, 0) is 0 Å². The molecule has 1 rings (SSSR count). The molecule has 0 saturated heterocycles. The molecule has 0 spiro atoms. The van der Waals surface area contributed by atoms with Crippen LogP contribution in [0.2, 0.25) is 0 Å². The zero-order valence-electron chi connectivity index (χ0n) is 7.36. The zero-order chi connectivity index (χ0) is 9.84. The van der Waals surface area contributed by atoms with Crippen molar-refractivity contribution in [1.82, 2.24) is 0 Å². The lowest BCUT2D eigenvalue weighted by Gasteiger charge is -2.08. The van der Waals surface area contributed by atoms with Crippen LogP contribution in [0.5, 0.6) is 0 Å². The van der Waals surface area contributed by atoms with E-state index in [-0.39, 0.29) is 5.38 Å². The van der Waals surface area contributed by atoms with Gasteiger partial charge >= 0.3 is 0 Å². The highest BCUT2D eigenvalue weighted by molar-refractivity contribution is 6.20. The van der Waals surface area contributed by atoms with Crippen LogP contribution >= 0.6 is 11.6 Å². The summed E-state index contributed by atoms with van der Waals surface area (Å²) in [4.78, 5) is 0. The van der Waals surface area contributed by atoms with Crippen molar-refractivity contribution in [2.24, 2.45) is 0 Å². The van der Waals surface area contributed by atoms with E-state index in [0.717, 1.165) is 12.5 Å². The van der Waals surface area contributed by atoms with Gasteiger partial charge in [0, 0.05) is 11.6 Å². The Morgan fingerprint density at radius 2 is 2.08 bits per heavy atom. The van der Waals surface area contributed by atoms with Gasteiger partial charge in [0.15, 0.2) is 0 Å². The van der Waals surface area contributed by atoms with Gasteiger partial charge in [0.1, 0.15) is 11.6 Å². The first-order valence-corrected chi connectivity index (χ1v) is 4.67. The third kappa shape index (κ3) is 2.66. The lowest BCUT2D eigenvalue weighted by molar-refractivity contribution is 0.566. The molecule has 1 unspecified atom stereocenters. The second-order valence-corrected chi connectivity index (χ2v) is 3.45. The van der Waals surface area contributed by atoms with Crippen LogP contribution in [0.4, 0.5) is 8.78 Å². The lowest BCUT2D eigenvalue weighted by atomic mass is 10.1. The summed E-state index contributed by atoms with van der Waals surface area (Å²) in [6.07, 6.45) is 1.58. The second-order valence-electron chi connectivity index (χ2n) is 2.92. The van der Waals surface area contributed by atoms with Gasteiger partial charge in [-0.05, 0) is 12.5 Å². The molecule has 1 aromatic carbocycles. The molecule has 0 aliphatic carbocycles. The van der Waals surface area contributed by atoms with Gasteiger partial charge in [0.05, 0.1) is 5.38 Å². The molecule has 0 aliphatic heterocycles. The first-order valence-electron chi connectivity index (χ1n) is 4.24. The third-order valence-corrected chi connectivity index (χ3v) is 2.30. The summed E-state index contributed by atoms with van der Waals surface area (Å²) >= 11 is 5.90. The van der Waals surface area contributed by atoms with Crippen molar-refractivity contribution >= 4 is 11.6 Å². The molecule has 0 bridgehead atoms. The Kier molecular flexibility index (Phi) is 3.67. The Bertz CT molecular complexity index is 286. The molecule has 0 amide bonds. The smallest absolute Gasteiger partial charge is 0.130 e. The van der Waals surface area contributed by atoms with Gasteiger partial charge in [-0.15, -0.1) is 11.6 Å². The fourth-order valence-electron chi connectivity index (χ4n) is 1.16. The van der Waals surface area contributed by atoms with Crippen LogP contribution in [0.1, 0.15) is 30.7 Å². The highest BCUT2D eigenvalue weighted by atomic mass is 35.5. The molecule has 0 heterocycles. The quantitative estimate of drug-likeness (QED) is 0.652. The average molecular weight is 205 g/mol. The van der Waals surface area contributed by atoms with Gasteiger partial charge in [-0.3, -0.25) is 0 Å². The van der Waals surface area contributed by atoms with E-state index >= 15 is 0 Å². The van der Waals surface area contributed by atoms with E-state index in [1.165, 1.54) is 12.1 Å². The number of rotatable bonds is 3. The van der Waals surface area contributed by atoms with Crippen LogP contribution in [0.15, 0.2) is 18.2 Å². The maximum atomic E-state index is 13.1. The number of hydrogen-bond donors (Lipinski definition) is 0. The van der Waals surface area contributed by atoms with Crippen molar-refractivity contribution in [2.75, 3.05) is 0 Å². The summed E-state index contributed by atoms with van der Waals surface area (Å²) < 4.78 is 25.6. The predicted molar refractivity (Wildman–Crippen MR) is 49.9 cm³/mol. The van der Waals surface area contributed by atoms with Crippen molar-refractivity contribution < 1.29 is 8.78 Å². The van der Waals surface area contributed by atoms with Gasteiger partial charge in [0.25, 0.3) is 0 Å². The fraction of sp³-hybridized carbons (Fsp3) is 0.400. The van der Waals surface area contributed by atoms with Crippen LogP contribution < -0.4 is 0 Å². The summed E-state index contributed by atoms with van der Waals surface area (Å²) in [5.74, 6) is -1.13. The Balaban J connectivity index is 2.88. The molecule has 1 aromatic rings. The summed E-state index contributed by atoms with van der Waals surface area (Å²) in [6.45, 7) is 1.97. The highest BCUT2D eigenvalue weighted by Crippen LogP contribution is 2.27. The molecule has 3 heteroatoms. The minimum Gasteiger partial charge on any atom is -0.207 e. The highest BCUT2D eigenvalue weighted by Gasteiger charge is 2.12. The molecule has 0 nitrogen and oxygen atoms in total. The van der Waals surface area contributed by atoms with Gasteiger partial charge < -0.3 is 0 Å². The number of hydrogen-bond acceptors (Lipinski definition) is 0. The van der Waals surface area contributed by atoms with Crippen molar-refractivity contribution in [1.29, 1.82) is 0 Å². The third-order valence-electron chi connectivity index (χ3n) is 1.84. The van der Waals surface area contributed by atoms with E-state index in [9.17, 15) is 8.78 Å². The number of alkyl halides is 1. The summed E-state index contributed by atoms with van der Waals surface area (Å²) in [6, 6.07) is 3.49. The summed E-state index contributed by atoms with van der Waals surface area (Å²) in [5.41, 5.74) is 0.380. The van der Waals surface area contributed by atoms with Gasteiger partial charge in [-0.25, -0.2) is 8.78 Å². The first kappa shape index (κ1) is 10.5. The van der Waals surface area contributed by atoms with E-state index in [4.69, 9.17) is 11.6 Å². The van der Waals surface area contributed by atoms with Crippen molar-refractivity contribution in [3.63, 3.8) is 0 Å². The van der Waals surface area contributed by atoms with Crippen LogP contribution in [0, 0.1) is 11.6 Å². The SMILES string of the molecule is CCCC(Cl)c1ccc(F)cc1F. The molecule has 0 radical (unpaired) electrons. The molecule has 0 fully saturated rings. The van der Waals surface area contributed by atoms with Crippen molar-refractivity contribution in [3.05, 3.63) is 35.4 Å². The fourth-order valence-corrected chi connectivity index (χ4v) is 1.56. The first-order chi connectivity index (χ1) is 6.15. The summed E-state index contributed by atoms with van der Waals surface area (Å²) in [5, 5.41) is -0.356. The monoisotopic (exact) mass is 204 g/mol. The normalized spacial score (nSPS) is 12.9. The Labute approximate surface area is 81.5 Å². The summed E-state index contributed by atoms with van der Waals surface area (Å²) in [7, 11) is 0. The van der Waals surface area contributed by atoms with Crippen molar-refractivity contribution in [2.45, 2.75) is 25.1 Å². The van der Waals surface area contributed by atoms with Gasteiger partial charge in [-0.1, -0.05) is 19.4 Å². The largest absolute Gasteiger partial charge is 0.207 e. The molecular weight excluding hydrogens is 194 g/mol. The van der Waals surface area contributed by atoms with Gasteiger partial charge in [-0.2, -0.15) is 0 Å². The van der Waals surface area contributed by atoms with E-state index in [1.807, 2.05) is 6.92 Å². The molecule has 0 aliphatic rings. The molecular formula is C10H11ClF2. The molecule has 13 heavy (non-hydrogen) atoms. The van der Waals surface area contributed by atoms with Crippen LogP contribution in [0.25, 0.3) is 0 Å². The predicted octanol–water partition coefficient (Wildman–Crippen LogP) is 4.04. The van der Waals surface area contributed by atoms with Crippen molar-refractivity contribution in [3.8, 4) is 0 Å². The van der Waals surface area contributed by atoms with Crippen LogP contribution in [-0.4, -0.2) is 0 Å².